The van der Waals surface area contributed by atoms with E-state index in [1.165, 1.54) is 0 Å². The highest BCUT2D eigenvalue weighted by Crippen LogP contribution is 2.29. The highest BCUT2D eigenvalue weighted by Gasteiger charge is 2.30. The lowest BCUT2D eigenvalue weighted by atomic mass is 9.90. The summed E-state index contributed by atoms with van der Waals surface area (Å²) in [5, 5.41) is 0. The number of carbonyl (C=O) groups excluding carboxylic acids is 1. The first-order chi connectivity index (χ1) is 13.5. The molecule has 0 unspecified atom stereocenters. The van der Waals surface area contributed by atoms with Gasteiger partial charge in [0, 0.05) is 37.6 Å². The normalized spacial score (nSPS) is 14.0. The summed E-state index contributed by atoms with van der Waals surface area (Å²) in [6, 6.07) is 6.95. The number of pyridine rings is 1. The number of aryl methyl sites for hydroxylation is 1. The Bertz CT molecular complexity index is 1010. The van der Waals surface area contributed by atoms with Crippen molar-refractivity contribution in [3.8, 4) is 11.3 Å². The van der Waals surface area contributed by atoms with Crippen molar-refractivity contribution in [2.45, 2.75) is 31.8 Å². The molecular formula is C21H20F2N4O. The summed E-state index contributed by atoms with van der Waals surface area (Å²) in [7, 11) is 1.82. The summed E-state index contributed by atoms with van der Waals surface area (Å²) in [6.45, 7) is 0.368. The van der Waals surface area contributed by atoms with Crippen LogP contribution >= 0.6 is 0 Å². The van der Waals surface area contributed by atoms with Crippen LogP contribution < -0.4 is 0 Å². The van der Waals surface area contributed by atoms with Crippen molar-refractivity contribution < 1.29 is 13.6 Å². The fourth-order valence-corrected chi connectivity index (χ4v) is 3.35. The third-order valence-electron chi connectivity index (χ3n) is 5.08. The SMILES string of the molecule is Cn1cnc(C(=O)N(Cc2ccnc(-c3cc(F)ccc3F)c2)C2CCC2)c1. The lowest BCUT2D eigenvalue weighted by Crippen LogP contribution is -2.43. The molecule has 1 fully saturated rings. The predicted molar refractivity (Wildman–Crippen MR) is 100 cm³/mol. The number of amides is 1. The van der Waals surface area contributed by atoms with Crippen molar-refractivity contribution in [3.63, 3.8) is 0 Å². The highest BCUT2D eigenvalue weighted by atomic mass is 19.1. The van der Waals surface area contributed by atoms with Gasteiger partial charge in [0.05, 0.1) is 12.0 Å². The molecular weight excluding hydrogens is 362 g/mol. The molecule has 144 valence electrons. The van der Waals surface area contributed by atoms with E-state index in [2.05, 4.69) is 9.97 Å². The van der Waals surface area contributed by atoms with Crippen molar-refractivity contribution >= 4 is 5.91 Å². The van der Waals surface area contributed by atoms with E-state index in [1.807, 2.05) is 11.9 Å². The van der Waals surface area contributed by atoms with E-state index >= 15 is 0 Å². The minimum atomic E-state index is -0.536. The number of rotatable bonds is 5. The van der Waals surface area contributed by atoms with E-state index in [0.717, 1.165) is 43.0 Å². The van der Waals surface area contributed by atoms with Gasteiger partial charge < -0.3 is 9.47 Å². The largest absolute Gasteiger partial charge is 0.340 e. The molecule has 2 aromatic heterocycles. The Morgan fingerprint density at radius 3 is 2.71 bits per heavy atom. The average molecular weight is 382 g/mol. The molecule has 1 amide bonds. The summed E-state index contributed by atoms with van der Waals surface area (Å²) >= 11 is 0. The van der Waals surface area contributed by atoms with Crippen LogP contribution in [0.15, 0.2) is 49.1 Å². The first-order valence-corrected chi connectivity index (χ1v) is 9.20. The van der Waals surface area contributed by atoms with Crippen LogP contribution in [0.2, 0.25) is 0 Å². The fraction of sp³-hybridized carbons (Fsp3) is 0.286. The molecule has 1 aliphatic rings. The van der Waals surface area contributed by atoms with Gasteiger partial charge in [-0.1, -0.05) is 0 Å². The Balaban J connectivity index is 1.62. The van der Waals surface area contributed by atoms with Crippen LogP contribution in [0.3, 0.4) is 0 Å². The second-order valence-corrected chi connectivity index (χ2v) is 7.12. The molecule has 0 aliphatic heterocycles. The van der Waals surface area contributed by atoms with Gasteiger partial charge in [-0.3, -0.25) is 9.78 Å². The van der Waals surface area contributed by atoms with E-state index < -0.39 is 11.6 Å². The number of imidazole rings is 1. The molecule has 0 radical (unpaired) electrons. The first kappa shape index (κ1) is 18.3. The molecule has 0 N–H and O–H groups in total. The van der Waals surface area contributed by atoms with Gasteiger partial charge in [-0.2, -0.15) is 0 Å². The molecule has 0 saturated heterocycles. The van der Waals surface area contributed by atoms with Gasteiger partial charge in [0.15, 0.2) is 0 Å². The number of hydrogen-bond acceptors (Lipinski definition) is 3. The van der Waals surface area contributed by atoms with Gasteiger partial charge in [-0.05, 0) is 55.2 Å². The fourth-order valence-electron chi connectivity index (χ4n) is 3.35. The number of aromatic nitrogens is 3. The number of hydrogen-bond donors (Lipinski definition) is 0. The van der Waals surface area contributed by atoms with E-state index in [1.54, 1.807) is 35.4 Å². The first-order valence-electron chi connectivity index (χ1n) is 9.20. The van der Waals surface area contributed by atoms with Gasteiger partial charge >= 0.3 is 0 Å². The molecule has 1 aromatic carbocycles. The topological polar surface area (TPSA) is 51.0 Å². The van der Waals surface area contributed by atoms with Crippen LogP contribution in [-0.2, 0) is 13.6 Å². The number of halogens is 2. The molecule has 4 rings (SSSR count). The maximum absolute atomic E-state index is 14.1. The summed E-state index contributed by atoms with van der Waals surface area (Å²) in [5.74, 6) is -1.18. The molecule has 28 heavy (non-hydrogen) atoms. The lowest BCUT2D eigenvalue weighted by Gasteiger charge is -2.37. The van der Waals surface area contributed by atoms with E-state index in [4.69, 9.17) is 0 Å². The van der Waals surface area contributed by atoms with Crippen LogP contribution in [0, 0.1) is 11.6 Å². The highest BCUT2D eigenvalue weighted by molar-refractivity contribution is 5.92. The molecule has 0 bridgehead atoms. The van der Waals surface area contributed by atoms with Crippen LogP contribution in [-0.4, -0.2) is 31.4 Å². The van der Waals surface area contributed by atoms with Crippen molar-refractivity contribution in [2.75, 3.05) is 0 Å². The minimum absolute atomic E-state index is 0.105. The molecule has 1 aliphatic carbocycles. The Morgan fingerprint density at radius 2 is 2.04 bits per heavy atom. The Hall–Kier alpha value is -3.09. The van der Waals surface area contributed by atoms with Crippen LogP contribution in [0.4, 0.5) is 8.78 Å². The summed E-state index contributed by atoms with van der Waals surface area (Å²) in [4.78, 5) is 23.1. The lowest BCUT2D eigenvalue weighted by molar-refractivity contribution is 0.0551. The maximum Gasteiger partial charge on any atom is 0.274 e. The summed E-state index contributed by atoms with van der Waals surface area (Å²) < 4.78 is 29.4. The number of carbonyl (C=O) groups is 1. The Morgan fingerprint density at radius 1 is 1.21 bits per heavy atom. The molecule has 0 spiro atoms. The zero-order valence-electron chi connectivity index (χ0n) is 15.5. The predicted octanol–water partition coefficient (Wildman–Crippen LogP) is 3.96. The third-order valence-corrected chi connectivity index (χ3v) is 5.08. The number of nitrogens with zero attached hydrogens (tertiary/aromatic N) is 4. The van der Waals surface area contributed by atoms with Crippen molar-refractivity contribution in [1.29, 1.82) is 0 Å². The smallest absolute Gasteiger partial charge is 0.274 e. The van der Waals surface area contributed by atoms with Gasteiger partial charge in [-0.15, -0.1) is 0 Å². The van der Waals surface area contributed by atoms with Crippen LogP contribution in [0.5, 0.6) is 0 Å². The average Bonchev–Trinajstić information content (AvgIpc) is 3.08. The van der Waals surface area contributed by atoms with E-state index in [-0.39, 0.29) is 17.5 Å². The van der Waals surface area contributed by atoms with E-state index in [0.29, 0.717) is 17.9 Å². The quantitative estimate of drug-likeness (QED) is 0.671. The Kier molecular flexibility index (Phi) is 4.90. The molecule has 5 nitrogen and oxygen atoms in total. The second-order valence-electron chi connectivity index (χ2n) is 7.12. The zero-order valence-corrected chi connectivity index (χ0v) is 15.5. The standard InChI is InChI=1S/C21H20F2N4O/c1-26-12-20(25-13-26)21(28)27(16-3-2-4-16)11-14-7-8-24-19(9-14)17-10-15(22)5-6-18(17)23/h5-10,12-13,16H,2-4,11H2,1H3. The van der Waals surface area contributed by atoms with Crippen molar-refractivity contribution in [3.05, 3.63) is 71.9 Å². The zero-order chi connectivity index (χ0) is 19.7. The minimum Gasteiger partial charge on any atom is -0.340 e. The van der Waals surface area contributed by atoms with Gasteiger partial charge in [0.25, 0.3) is 5.91 Å². The molecule has 1 saturated carbocycles. The van der Waals surface area contributed by atoms with Gasteiger partial charge in [0.2, 0.25) is 0 Å². The molecule has 0 atom stereocenters. The van der Waals surface area contributed by atoms with Crippen LogP contribution in [0.25, 0.3) is 11.3 Å². The monoisotopic (exact) mass is 382 g/mol. The third kappa shape index (κ3) is 3.65. The van der Waals surface area contributed by atoms with Gasteiger partial charge in [0.1, 0.15) is 17.3 Å². The second kappa shape index (κ2) is 7.50. The van der Waals surface area contributed by atoms with Crippen molar-refractivity contribution in [2.24, 2.45) is 7.05 Å². The number of benzene rings is 1. The van der Waals surface area contributed by atoms with E-state index in [9.17, 15) is 13.6 Å². The molecule has 7 heteroatoms. The van der Waals surface area contributed by atoms with Gasteiger partial charge in [-0.25, -0.2) is 13.8 Å². The molecule has 2 heterocycles. The Labute approximate surface area is 161 Å². The van der Waals surface area contributed by atoms with Crippen LogP contribution in [0.1, 0.15) is 35.3 Å². The summed E-state index contributed by atoms with van der Waals surface area (Å²) in [5.41, 5.74) is 1.66. The van der Waals surface area contributed by atoms with Crippen molar-refractivity contribution in [1.82, 2.24) is 19.4 Å². The molecule has 3 aromatic rings. The summed E-state index contributed by atoms with van der Waals surface area (Å²) in [6.07, 6.45) is 7.85. The maximum atomic E-state index is 14.1.